The Kier molecular flexibility index (Phi) is 7.67. The molecule has 1 aromatic heterocycles. The number of halogens is 5. The zero-order valence-electron chi connectivity index (χ0n) is 19.1. The summed E-state index contributed by atoms with van der Waals surface area (Å²) in [4.78, 5) is 4.68. The van der Waals surface area contributed by atoms with Crippen molar-refractivity contribution in [1.29, 1.82) is 0 Å². The quantitative estimate of drug-likeness (QED) is 0.214. The molecular formula is C26H21Cl3F2N2OS. The maximum absolute atomic E-state index is 14.0. The molecule has 0 atom stereocenters. The van der Waals surface area contributed by atoms with Gasteiger partial charge >= 0.3 is 0 Å². The summed E-state index contributed by atoms with van der Waals surface area (Å²) in [7, 11) is 1.49. The minimum atomic E-state index is -0.563. The van der Waals surface area contributed by atoms with E-state index in [0.717, 1.165) is 16.8 Å². The van der Waals surface area contributed by atoms with Crippen LogP contribution < -0.4 is 4.74 Å². The van der Waals surface area contributed by atoms with Gasteiger partial charge in [-0.1, -0.05) is 72.5 Å². The van der Waals surface area contributed by atoms with Crippen LogP contribution in [0, 0.1) is 11.6 Å². The van der Waals surface area contributed by atoms with Crippen molar-refractivity contribution in [2.45, 2.75) is 30.2 Å². The molecule has 0 amide bonds. The van der Waals surface area contributed by atoms with Gasteiger partial charge in [-0.15, -0.1) is 0 Å². The van der Waals surface area contributed by atoms with E-state index in [0.29, 0.717) is 37.4 Å². The number of ether oxygens (including phenoxy) is 1. The summed E-state index contributed by atoms with van der Waals surface area (Å²) in [5.74, 6) is -0.00199. The SMILES string of the molecule is COc1cc(F)ccc1-n1c(C(C)(C)c2ccc(Cl)c(Cl)c2)cnc1SCc1ccc(F)cc1Cl. The molecule has 0 aliphatic rings. The van der Waals surface area contributed by atoms with Crippen LogP contribution in [-0.2, 0) is 11.2 Å². The molecule has 3 aromatic carbocycles. The first-order valence-electron chi connectivity index (χ1n) is 10.6. The van der Waals surface area contributed by atoms with E-state index in [1.54, 1.807) is 24.4 Å². The molecular weight excluding hydrogens is 533 g/mol. The maximum Gasteiger partial charge on any atom is 0.173 e. The minimum Gasteiger partial charge on any atom is -0.494 e. The van der Waals surface area contributed by atoms with Crippen LogP contribution in [0.2, 0.25) is 15.1 Å². The van der Waals surface area contributed by atoms with Crippen LogP contribution >= 0.6 is 46.6 Å². The zero-order valence-corrected chi connectivity index (χ0v) is 22.2. The second-order valence-corrected chi connectivity index (χ2v) is 10.5. The molecule has 0 unspecified atom stereocenters. The lowest BCUT2D eigenvalue weighted by Gasteiger charge is -2.28. The smallest absolute Gasteiger partial charge is 0.173 e. The fourth-order valence-corrected chi connectivity index (χ4v) is 5.36. The Bertz CT molecular complexity index is 1390. The Morgan fingerprint density at radius 3 is 2.31 bits per heavy atom. The highest BCUT2D eigenvalue weighted by Crippen LogP contribution is 2.40. The van der Waals surface area contributed by atoms with Crippen molar-refractivity contribution in [2.24, 2.45) is 0 Å². The zero-order chi connectivity index (χ0) is 25.3. The number of rotatable bonds is 7. The third-order valence-electron chi connectivity index (χ3n) is 5.77. The Morgan fingerprint density at radius 2 is 1.63 bits per heavy atom. The van der Waals surface area contributed by atoms with Crippen molar-refractivity contribution >= 4 is 46.6 Å². The fourth-order valence-electron chi connectivity index (χ4n) is 3.76. The lowest BCUT2D eigenvalue weighted by Crippen LogP contribution is -2.23. The van der Waals surface area contributed by atoms with Crippen molar-refractivity contribution in [2.75, 3.05) is 7.11 Å². The third-order valence-corrected chi connectivity index (χ3v) is 7.86. The lowest BCUT2D eigenvalue weighted by molar-refractivity contribution is 0.407. The van der Waals surface area contributed by atoms with Crippen LogP contribution in [0.25, 0.3) is 5.69 Å². The van der Waals surface area contributed by atoms with Gasteiger partial charge in [0.25, 0.3) is 0 Å². The van der Waals surface area contributed by atoms with Crippen LogP contribution in [0.1, 0.15) is 30.7 Å². The normalized spacial score (nSPS) is 11.7. The molecule has 0 bridgehead atoms. The molecule has 0 spiro atoms. The van der Waals surface area contributed by atoms with Crippen LogP contribution in [0.15, 0.2) is 66.0 Å². The molecule has 0 fully saturated rings. The number of hydrogen-bond donors (Lipinski definition) is 0. The topological polar surface area (TPSA) is 27.1 Å². The van der Waals surface area contributed by atoms with Crippen molar-refractivity contribution in [1.82, 2.24) is 9.55 Å². The summed E-state index contributed by atoms with van der Waals surface area (Å²) < 4.78 is 35.0. The van der Waals surface area contributed by atoms with E-state index in [2.05, 4.69) is 4.98 Å². The summed E-state index contributed by atoms with van der Waals surface area (Å²) in [6.07, 6.45) is 1.78. The monoisotopic (exact) mass is 552 g/mol. The van der Waals surface area contributed by atoms with Gasteiger partial charge in [-0.2, -0.15) is 0 Å². The van der Waals surface area contributed by atoms with E-state index < -0.39 is 17.0 Å². The Morgan fingerprint density at radius 1 is 0.914 bits per heavy atom. The number of nitrogens with zero attached hydrogens (tertiary/aromatic N) is 2. The number of hydrogen-bond acceptors (Lipinski definition) is 3. The highest BCUT2D eigenvalue weighted by atomic mass is 35.5. The van der Waals surface area contributed by atoms with Crippen LogP contribution in [0.5, 0.6) is 5.75 Å². The molecule has 0 saturated carbocycles. The number of aromatic nitrogens is 2. The third kappa shape index (κ3) is 5.31. The van der Waals surface area contributed by atoms with Crippen LogP contribution in [0.3, 0.4) is 0 Å². The first-order chi connectivity index (χ1) is 16.6. The first-order valence-corrected chi connectivity index (χ1v) is 12.7. The van der Waals surface area contributed by atoms with Crippen molar-refractivity contribution in [3.63, 3.8) is 0 Å². The molecule has 0 radical (unpaired) electrons. The van der Waals surface area contributed by atoms with E-state index in [4.69, 9.17) is 39.5 Å². The predicted molar refractivity (Wildman–Crippen MR) is 140 cm³/mol. The van der Waals surface area contributed by atoms with Gasteiger partial charge in [-0.3, -0.25) is 4.57 Å². The van der Waals surface area contributed by atoms with E-state index in [1.165, 1.54) is 43.1 Å². The van der Waals surface area contributed by atoms with Crippen molar-refractivity contribution in [3.8, 4) is 11.4 Å². The van der Waals surface area contributed by atoms with Gasteiger partial charge in [0, 0.05) is 22.3 Å². The Hall–Kier alpha value is -2.25. The fraction of sp³-hybridized carbons (Fsp3) is 0.192. The predicted octanol–water partition coefficient (Wildman–Crippen LogP) is 8.74. The summed E-state index contributed by atoms with van der Waals surface area (Å²) in [6, 6.07) is 14.2. The molecule has 182 valence electrons. The van der Waals surface area contributed by atoms with Crippen molar-refractivity contribution < 1.29 is 13.5 Å². The van der Waals surface area contributed by atoms with E-state index in [-0.39, 0.29) is 0 Å². The summed E-state index contributed by atoms with van der Waals surface area (Å²) in [6.45, 7) is 4.09. The summed E-state index contributed by atoms with van der Waals surface area (Å²) in [5.41, 5.74) is 2.58. The number of thioether (sulfide) groups is 1. The standard InChI is InChI=1S/C26H21Cl3F2N2OS/c1-26(2,16-5-8-19(27)21(29)10-16)24-13-32-25(35-14-15-4-6-17(30)11-20(15)28)33(24)22-9-7-18(31)12-23(22)34-3/h4-13H,14H2,1-3H3. The average molecular weight is 554 g/mol. The highest BCUT2D eigenvalue weighted by molar-refractivity contribution is 7.98. The molecule has 0 N–H and O–H groups in total. The molecule has 0 aliphatic carbocycles. The van der Waals surface area contributed by atoms with Crippen molar-refractivity contribution in [3.05, 3.63) is 104 Å². The molecule has 9 heteroatoms. The molecule has 4 rings (SSSR count). The molecule has 3 nitrogen and oxygen atoms in total. The van der Waals surface area contributed by atoms with Crippen LogP contribution in [0.4, 0.5) is 8.78 Å². The Labute approximate surface area is 222 Å². The number of methoxy groups -OCH3 is 1. The average Bonchev–Trinajstić information content (AvgIpc) is 3.24. The Balaban J connectivity index is 1.84. The number of imidazole rings is 1. The largest absolute Gasteiger partial charge is 0.494 e. The summed E-state index contributed by atoms with van der Waals surface area (Å²) >= 11 is 20.1. The van der Waals surface area contributed by atoms with Gasteiger partial charge in [0.05, 0.1) is 34.7 Å². The number of benzene rings is 3. The lowest BCUT2D eigenvalue weighted by atomic mass is 9.81. The van der Waals surface area contributed by atoms with Gasteiger partial charge < -0.3 is 4.74 Å². The minimum absolute atomic E-state index is 0.339. The van der Waals surface area contributed by atoms with Gasteiger partial charge in [0.2, 0.25) is 0 Å². The van der Waals surface area contributed by atoms with E-state index >= 15 is 0 Å². The van der Waals surface area contributed by atoms with Gasteiger partial charge in [-0.05, 0) is 47.5 Å². The van der Waals surface area contributed by atoms with Gasteiger partial charge in [0.1, 0.15) is 17.4 Å². The molecule has 0 saturated heterocycles. The van der Waals surface area contributed by atoms with E-state index in [9.17, 15) is 8.78 Å². The molecule has 1 heterocycles. The second kappa shape index (κ2) is 10.4. The first kappa shape index (κ1) is 25.8. The molecule has 35 heavy (non-hydrogen) atoms. The molecule has 4 aromatic rings. The summed E-state index contributed by atoms with van der Waals surface area (Å²) in [5, 5.41) is 1.89. The van der Waals surface area contributed by atoms with Crippen LogP contribution in [-0.4, -0.2) is 16.7 Å². The highest BCUT2D eigenvalue weighted by Gasteiger charge is 2.31. The van der Waals surface area contributed by atoms with Gasteiger partial charge in [0.15, 0.2) is 5.16 Å². The molecule has 0 aliphatic heterocycles. The second-order valence-electron chi connectivity index (χ2n) is 8.36. The maximum atomic E-state index is 14.0. The van der Waals surface area contributed by atoms with Gasteiger partial charge in [-0.25, -0.2) is 13.8 Å². The van der Waals surface area contributed by atoms with E-state index in [1.807, 2.05) is 30.5 Å².